The number of aromatic nitrogens is 3. The van der Waals surface area contributed by atoms with Gasteiger partial charge in [-0.2, -0.15) is 0 Å². The molecule has 0 bridgehead atoms. The molecule has 1 N–H and O–H groups in total. The summed E-state index contributed by atoms with van der Waals surface area (Å²) in [5, 5.41) is 11.2. The van der Waals surface area contributed by atoms with E-state index in [1.54, 1.807) is 30.3 Å². The van der Waals surface area contributed by atoms with Crippen LogP contribution in [-0.2, 0) is 17.8 Å². The molecule has 0 radical (unpaired) electrons. The first-order valence-corrected chi connectivity index (χ1v) is 9.46. The van der Waals surface area contributed by atoms with E-state index in [4.69, 9.17) is 9.47 Å². The van der Waals surface area contributed by atoms with E-state index in [2.05, 4.69) is 15.6 Å². The van der Waals surface area contributed by atoms with Crippen molar-refractivity contribution >= 4 is 16.8 Å². The summed E-state index contributed by atoms with van der Waals surface area (Å²) in [5.41, 5.74) is 1.10. The average Bonchev–Trinajstić information content (AvgIpc) is 3.02. The second kappa shape index (κ2) is 7.54. The van der Waals surface area contributed by atoms with Crippen LogP contribution in [0, 0.1) is 0 Å². The molecule has 8 heteroatoms. The number of nitrogens with zero attached hydrogens (tertiary/aromatic N) is 3. The summed E-state index contributed by atoms with van der Waals surface area (Å²) in [6, 6.07) is 12.7. The van der Waals surface area contributed by atoms with E-state index >= 15 is 0 Å². The second-order valence-electron chi connectivity index (χ2n) is 7.56. The van der Waals surface area contributed by atoms with Crippen molar-refractivity contribution in [3.63, 3.8) is 0 Å². The van der Waals surface area contributed by atoms with Crippen LogP contribution >= 0.6 is 0 Å². The number of ether oxygens (including phenoxy) is 2. The summed E-state index contributed by atoms with van der Waals surface area (Å²) in [6.07, 6.45) is 0.799. The Labute approximate surface area is 167 Å². The van der Waals surface area contributed by atoms with Crippen molar-refractivity contribution in [3.8, 4) is 11.5 Å². The molecule has 1 aliphatic rings. The quantitative estimate of drug-likeness (QED) is 0.684. The number of benzene rings is 2. The minimum atomic E-state index is -0.290. The van der Waals surface area contributed by atoms with Crippen LogP contribution in [0.15, 0.2) is 47.3 Å². The number of fused-ring (bicyclic) bond motifs is 2. The third-order valence-electron chi connectivity index (χ3n) is 4.69. The molecule has 2 aromatic carbocycles. The smallest absolute Gasteiger partial charge is 0.277 e. The molecule has 3 aromatic rings. The molecular weight excluding hydrogens is 372 g/mol. The average molecular weight is 394 g/mol. The molecule has 2 heterocycles. The highest BCUT2D eigenvalue weighted by Crippen LogP contribution is 2.41. The molecule has 0 saturated carbocycles. The molecule has 29 heavy (non-hydrogen) atoms. The van der Waals surface area contributed by atoms with E-state index in [1.165, 1.54) is 4.68 Å². The van der Waals surface area contributed by atoms with Gasteiger partial charge in [0.25, 0.3) is 11.5 Å². The normalized spacial score (nSPS) is 14.3. The van der Waals surface area contributed by atoms with E-state index in [0.717, 1.165) is 12.0 Å². The van der Waals surface area contributed by atoms with Gasteiger partial charge < -0.3 is 14.8 Å². The molecule has 0 unspecified atom stereocenters. The van der Waals surface area contributed by atoms with Crippen LogP contribution in [0.4, 0.5) is 0 Å². The van der Waals surface area contributed by atoms with Gasteiger partial charge in [0.15, 0.2) is 18.1 Å². The van der Waals surface area contributed by atoms with Gasteiger partial charge in [0.05, 0.1) is 11.9 Å². The number of rotatable bonds is 6. The summed E-state index contributed by atoms with van der Waals surface area (Å²) in [5.74, 6) is 0.963. The van der Waals surface area contributed by atoms with Crippen LogP contribution in [-0.4, -0.2) is 39.7 Å². The molecule has 4 rings (SSSR count). The zero-order valence-corrected chi connectivity index (χ0v) is 16.3. The molecule has 1 amide bonds. The first kappa shape index (κ1) is 18.9. The third kappa shape index (κ3) is 4.06. The zero-order chi connectivity index (χ0) is 20.4. The Balaban J connectivity index is 1.31. The van der Waals surface area contributed by atoms with Crippen molar-refractivity contribution in [1.82, 2.24) is 20.3 Å². The van der Waals surface area contributed by atoms with Crippen molar-refractivity contribution in [1.29, 1.82) is 0 Å². The van der Waals surface area contributed by atoms with Gasteiger partial charge in [-0.25, -0.2) is 4.68 Å². The Kier molecular flexibility index (Phi) is 4.92. The zero-order valence-electron chi connectivity index (χ0n) is 16.3. The highest BCUT2D eigenvalue weighted by molar-refractivity contribution is 5.78. The Morgan fingerprint density at radius 3 is 2.93 bits per heavy atom. The first-order valence-electron chi connectivity index (χ1n) is 9.46. The van der Waals surface area contributed by atoms with Crippen LogP contribution in [0.25, 0.3) is 10.9 Å². The second-order valence-corrected chi connectivity index (χ2v) is 7.56. The molecule has 0 aliphatic carbocycles. The van der Waals surface area contributed by atoms with Crippen molar-refractivity contribution in [2.45, 2.75) is 32.4 Å². The van der Waals surface area contributed by atoms with Gasteiger partial charge in [0.1, 0.15) is 11.1 Å². The topological polar surface area (TPSA) is 95.3 Å². The molecule has 0 atom stereocenters. The monoisotopic (exact) mass is 394 g/mol. The summed E-state index contributed by atoms with van der Waals surface area (Å²) in [4.78, 5) is 24.5. The lowest BCUT2D eigenvalue weighted by Gasteiger charge is -2.18. The number of nitrogens with one attached hydrogen (secondary N) is 1. The van der Waals surface area contributed by atoms with E-state index in [1.807, 2.05) is 26.0 Å². The molecule has 0 spiro atoms. The fraction of sp³-hybridized carbons (Fsp3) is 0.333. The summed E-state index contributed by atoms with van der Waals surface area (Å²) in [6.45, 7) is 4.35. The molecule has 0 saturated heterocycles. The van der Waals surface area contributed by atoms with Crippen molar-refractivity contribution in [2.75, 3.05) is 13.2 Å². The van der Waals surface area contributed by atoms with Crippen LogP contribution in [0.1, 0.15) is 19.4 Å². The van der Waals surface area contributed by atoms with E-state index in [0.29, 0.717) is 22.4 Å². The third-order valence-corrected chi connectivity index (χ3v) is 4.69. The lowest BCUT2D eigenvalue weighted by atomic mass is 10.0. The fourth-order valence-corrected chi connectivity index (χ4v) is 3.37. The van der Waals surface area contributed by atoms with Gasteiger partial charge in [0.2, 0.25) is 0 Å². The standard InChI is InChI=1S/C21H22N4O4/c1-21(2)12-14-6-5-9-17(19(14)29-21)28-13-18(26)22-10-11-25-20(27)15-7-3-4-8-16(15)23-24-25/h3-9H,10-13H2,1-2H3,(H,22,26). The van der Waals surface area contributed by atoms with Gasteiger partial charge in [-0.05, 0) is 32.0 Å². The number of amides is 1. The number of hydrogen-bond acceptors (Lipinski definition) is 6. The number of hydrogen-bond donors (Lipinski definition) is 1. The van der Waals surface area contributed by atoms with Crippen LogP contribution < -0.4 is 20.3 Å². The lowest BCUT2D eigenvalue weighted by Crippen LogP contribution is -2.35. The summed E-state index contributed by atoms with van der Waals surface area (Å²) < 4.78 is 12.8. The van der Waals surface area contributed by atoms with Gasteiger partial charge in [-0.15, -0.1) is 5.10 Å². The molecular formula is C21H22N4O4. The van der Waals surface area contributed by atoms with Gasteiger partial charge in [-0.1, -0.05) is 29.5 Å². The maximum Gasteiger partial charge on any atom is 0.277 e. The maximum absolute atomic E-state index is 12.4. The SMILES string of the molecule is CC1(C)Cc2cccc(OCC(=O)NCCn3nnc4ccccc4c3=O)c2O1. The summed E-state index contributed by atoms with van der Waals surface area (Å²) >= 11 is 0. The van der Waals surface area contributed by atoms with Crippen LogP contribution in [0.5, 0.6) is 11.5 Å². The first-order chi connectivity index (χ1) is 13.9. The van der Waals surface area contributed by atoms with E-state index in [9.17, 15) is 9.59 Å². The molecule has 0 fully saturated rings. The predicted molar refractivity (Wildman–Crippen MR) is 107 cm³/mol. The van der Waals surface area contributed by atoms with E-state index < -0.39 is 0 Å². The molecule has 1 aromatic heterocycles. The van der Waals surface area contributed by atoms with Crippen LogP contribution in [0.3, 0.4) is 0 Å². The highest BCUT2D eigenvalue weighted by atomic mass is 16.5. The Hall–Kier alpha value is -3.42. The van der Waals surface area contributed by atoms with Crippen LogP contribution in [0.2, 0.25) is 0 Å². The summed E-state index contributed by atoms with van der Waals surface area (Å²) in [7, 11) is 0. The number of para-hydroxylation sites is 1. The molecule has 1 aliphatic heterocycles. The Morgan fingerprint density at radius 2 is 2.07 bits per heavy atom. The molecule has 8 nitrogen and oxygen atoms in total. The Bertz CT molecular complexity index is 1120. The fourth-order valence-electron chi connectivity index (χ4n) is 3.37. The predicted octanol–water partition coefficient (Wildman–Crippen LogP) is 1.70. The highest BCUT2D eigenvalue weighted by Gasteiger charge is 2.32. The van der Waals surface area contributed by atoms with E-state index in [-0.39, 0.29) is 36.8 Å². The number of carbonyl (C=O) groups excluding carboxylic acids is 1. The minimum absolute atomic E-state index is 0.140. The van der Waals surface area contributed by atoms with Crippen molar-refractivity contribution in [3.05, 3.63) is 58.4 Å². The van der Waals surface area contributed by atoms with Gasteiger partial charge >= 0.3 is 0 Å². The Morgan fingerprint density at radius 1 is 1.24 bits per heavy atom. The minimum Gasteiger partial charge on any atom is -0.483 e. The maximum atomic E-state index is 12.4. The van der Waals surface area contributed by atoms with Crippen molar-refractivity contribution in [2.24, 2.45) is 0 Å². The van der Waals surface area contributed by atoms with Gasteiger partial charge in [-0.3, -0.25) is 9.59 Å². The van der Waals surface area contributed by atoms with Gasteiger partial charge in [0, 0.05) is 18.5 Å². The largest absolute Gasteiger partial charge is 0.483 e. The number of carbonyl (C=O) groups is 1. The molecule has 150 valence electrons. The van der Waals surface area contributed by atoms with Crippen molar-refractivity contribution < 1.29 is 14.3 Å². The lowest BCUT2D eigenvalue weighted by molar-refractivity contribution is -0.123.